The highest BCUT2D eigenvalue weighted by molar-refractivity contribution is 8.00. The lowest BCUT2D eigenvalue weighted by Gasteiger charge is -2.07. The zero-order chi connectivity index (χ0) is 14.5. The maximum atomic E-state index is 13.9. The molecule has 0 aliphatic carbocycles. The van der Waals surface area contributed by atoms with Crippen LogP contribution in [0.25, 0.3) is 11.3 Å². The zero-order valence-electron chi connectivity index (χ0n) is 11.0. The monoisotopic (exact) mass is 297 g/mol. The number of aromatic nitrogens is 2. The molecular formula is C16H12FN3S. The van der Waals surface area contributed by atoms with Gasteiger partial charge in [-0.15, -0.1) is 0 Å². The second-order valence-corrected chi connectivity index (χ2v) is 5.15. The minimum atomic E-state index is -0.434. The van der Waals surface area contributed by atoms with Gasteiger partial charge in [0.25, 0.3) is 0 Å². The summed E-state index contributed by atoms with van der Waals surface area (Å²) in [6, 6.07) is 19.0. The van der Waals surface area contributed by atoms with E-state index < -0.39 is 5.82 Å². The summed E-state index contributed by atoms with van der Waals surface area (Å²) < 4.78 is 16.9. The first-order chi connectivity index (χ1) is 10.3. The van der Waals surface area contributed by atoms with Crippen molar-refractivity contribution in [3.05, 3.63) is 72.7 Å². The first-order valence-corrected chi connectivity index (χ1v) is 7.20. The van der Waals surface area contributed by atoms with Crippen molar-refractivity contribution in [1.82, 2.24) is 9.97 Å². The topological polar surface area (TPSA) is 37.8 Å². The van der Waals surface area contributed by atoms with Gasteiger partial charge in [0.05, 0.1) is 6.20 Å². The summed E-state index contributed by atoms with van der Waals surface area (Å²) in [5.74, 6) is -0.0550. The van der Waals surface area contributed by atoms with Crippen LogP contribution in [-0.4, -0.2) is 9.97 Å². The Bertz CT molecular complexity index is 720. The van der Waals surface area contributed by atoms with Crippen LogP contribution >= 0.6 is 11.9 Å². The van der Waals surface area contributed by atoms with Crippen LogP contribution in [0.1, 0.15) is 0 Å². The number of rotatable bonds is 4. The highest BCUT2D eigenvalue weighted by atomic mass is 32.2. The van der Waals surface area contributed by atoms with Gasteiger partial charge in [0.2, 0.25) is 5.95 Å². The molecule has 2 aromatic carbocycles. The van der Waals surface area contributed by atoms with Crippen molar-refractivity contribution in [1.29, 1.82) is 0 Å². The van der Waals surface area contributed by atoms with Crippen LogP contribution in [0.4, 0.5) is 10.3 Å². The number of nitrogens with one attached hydrogen (secondary N) is 1. The summed E-state index contributed by atoms with van der Waals surface area (Å²) in [6.07, 6.45) is 1.18. The molecule has 0 saturated carbocycles. The van der Waals surface area contributed by atoms with Gasteiger partial charge in [-0.25, -0.2) is 14.4 Å². The Morgan fingerprint density at radius 2 is 1.57 bits per heavy atom. The van der Waals surface area contributed by atoms with Crippen LogP contribution in [0.15, 0.2) is 71.8 Å². The van der Waals surface area contributed by atoms with Gasteiger partial charge in [0, 0.05) is 10.5 Å². The molecule has 0 amide bonds. The molecular weight excluding hydrogens is 285 g/mol. The van der Waals surface area contributed by atoms with E-state index in [0.717, 1.165) is 10.5 Å². The second-order valence-electron chi connectivity index (χ2n) is 4.27. The zero-order valence-corrected chi connectivity index (χ0v) is 11.8. The molecule has 104 valence electrons. The summed E-state index contributed by atoms with van der Waals surface area (Å²) in [4.78, 5) is 9.23. The minimum absolute atomic E-state index is 0.293. The van der Waals surface area contributed by atoms with Gasteiger partial charge in [0.15, 0.2) is 5.82 Å². The van der Waals surface area contributed by atoms with E-state index in [2.05, 4.69) is 14.7 Å². The minimum Gasteiger partial charge on any atom is -0.294 e. The normalized spacial score (nSPS) is 10.3. The number of halogens is 1. The van der Waals surface area contributed by atoms with Crippen molar-refractivity contribution in [3.8, 4) is 11.3 Å². The second kappa shape index (κ2) is 6.37. The molecule has 1 heterocycles. The molecule has 0 fully saturated rings. The fourth-order valence-corrected chi connectivity index (χ4v) is 2.41. The molecule has 0 unspecified atom stereocenters. The number of hydrogen-bond acceptors (Lipinski definition) is 4. The van der Waals surface area contributed by atoms with Crippen LogP contribution in [0, 0.1) is 5.82 Å². The molecule has 0 spiro atoms. The molecule has 5 heteroatoms. The van der Waals surface area contributed by atoms with Gasteiger partial charge < -0.3 is 0 Å². The molecule has 3 rings (SSSR count). The maximum absolute atomic E-state index is 13.9. The molecule has 0 saturated heterocycles. The number of benzene rings is 2. The van der Waals surface area contributed by atoms with Crippen molar-refractivity contribution >= 4 is 17.9 Å². The molecule has 0 aliphatic heterocycles. The van der Waals surface area contributed by atoms with Crippen LogP contribution in [0.2, 0.25) is 0 Å². The van der Waals surface area contributed by atoms with Gasteiger partial charge in [-0.3, -0.25) is 4.72 Å². The Labute approximate surface area is 126 Å². The summed E-state index contributed by atoms with van der Waals surface area (Å²) in [5.41, 5.74) is 1.02. The Kier molecular flexibility index (Phi) is 4.12. The Hall–Kier alpha value is -2.40. The SMILES string of the molecule is Fc1cnc(NSc2ccccc2)nc1-c1ccccc1. The Balaban J connectivity index is 1.81. The number of nitrogens with zero attached hydrogens (tertiary/aromatic N) is 2. The van der Waals surface area contributed by atoms with E-state index in [1.165, 1.54) is 18.1 Å². The van der Waals surface area contributed by atoms with E-state index >= 15 is 0 Å². The van der Waals surface area contributed by atoms with Crippen molar-refractivity contribution in [2.45, 2.75) is 4.90 Å². The lowest BCUT2D eigenvalue weighted by molar-refractivity contribution is 0.619. The highest BCUT2D eigenvalue weighted by Gasteiger charge is 2.09. The van der Waals surface area contributed by atoms with E-state index in [4.69, 9.17) is 0 Å². The molecule has 1 N–H and O–H groups in total. The standard InChI is InChI=1S/C16H12FN3S/c17-14-11-18-16(20-21-13-9-5-2-6-10-13)19-15(14)12-7-3-1-4-8-12/h1-11H,(H,18,19,20). The third-order valence-corrected chi connectivity index (χ3v) is 3.59. The molecule has 3 aromatic rings. The van der Waals surface area contributed by atoms with Crippen molar-refractivity contribution in [2.24, 2.45) is 0 Å². The summed E-state index contributed by atoms with van der Waals surface area (Å²) in [7, 11) is 0. The van der Waals surface area contributed by atoms with Crippen LogP contribution in [0.3, 0.4) is 0 Å². The molecule has 1 aromatic heterocycles. The smallest absolute Gasteiger partial charge is 0.233 e. The van der Waals surface area contributed by atoms with E-state index in [9.17, 15) is 4.39 Å². The first-order valence-electron chi connectivity index (χ1n) is 6.39. The van der Waals surface area contributed by atoms with Gasteiger partial charge in [-0.1, -0.05) is 48.5 Å². The Morgan fingerprint density at radius 1 is 0.905 bits per heavy atom. The lowest BCUT2D eigenvalue weighted by atomic mass is 10.1. The summed E-state index contributed by atoms with van der Waals surface area (Å²) in [6.45, 7) is 0. The fourth-order valence-electron chi connectivity index (χ4n) is 1.81. The van der Waals surface area contributed by atoms with E-state index in [1.807, 2.05) is 60.7 Å². The fraction of sp³-hybridized carbons (Fsp3) is 0. The van der Waals surface area contributed by atoms with Crippen LogP contribution in [0.5, 0.6) is 0 Å². The van der Waals surface area contributed by atoms with E-state index in [0.29, 0.717) is 11.6 Å². The average molecular weight is 297 g/mol. The van der Waals surface area contributed by atoms with Crippen molar-refractivity contribution < 1.29 is 4.39 Å². The third-order valence-electron chi connectivity index (χ3n) is 2.79. The van der Waals surface area contributed by atoms with Gasteiger partial charge in [-0.2, -0.15) is 0 Å². The third kappa shape index (κ3) is 3.38. The quantitative estimate of drug-likeness (QED) is 0.724. The molecule has 0 bridgehead atoms. The van der Waals surface area contributed by atoms with Gasteiger partial charge in [0.1, 0.15) is 5.69 Å². The van der Waals surface area contributed by atoms with Crippen LogP contribution in [-0.2, 0) is 0 Å². The highest BCUT2D eigenvalue weighted by Crippen LogP contribution is 2.23. The van der Waals surface area contributed by atoms with Crippen molar-refractivity contribution in [2.75, 3.05) is 4.72 Å². The largest absolute Gasteiger partial charge is 0.294 e. The first kappa shape index (κ1) is 13.6. The molecule has 21 heavy (non-hydrogen) atoms. The van der Waals surface area contributed by atoms with E-state index in [-0.39, 0.29) is 0 Å². The lowest BCUT2D eigenvalue weighted by Crippen LogP contribution is -1.98. The summed E-state index contributed by atoms with van der Waals surface area (Å²) in [5, 5.41) is 0. The van der Waals surface area contributed by atoms with Crippen LogP contribution < -0.4 is 4.72 Å². The van der Waals surface area contributed by atoms with E-state index in [1.54, 1.807) is 0 Å². The maximum Gasteiger partial charge on any atom is 0.233 e. The summed E-state index contributed by atoms with van der Waals surface area (Å²) >= 11 is 1.39. The molecule has 0 aliphatic rings. The molecule has 0 radical (unpaired) electrons. The molecule has 0 atom stereocenters. The molecule has 3 nitrogen and oxygen atoms in total. The number of anilines is 1. The average Bonchev–Trinajstić information content (AvgIpc) is 2.56. The number of hydrogen-bond donors (Lipinski definition) is 1. The van der Waals surface area contributed by atoms with Gasteiger partial charge in [-0.05, 0) is 24.1 Å². The Morgan fingerprint density at radius 3 is 2.29 bits per heavy atom. The predicted molar refractivity (Wildman–Crippen MR) is 83.3 cm³/mol. The predicted octanol–water partition coefficient (Wildman–Crippen LogP) is 4.40. The van der Waals surface area contributed by atoms with Gasteiger partial charge >= 0.3 is 0 Å². The van der Waals surface area contributed by atoms with Crippen molar-refractivity contribution in [3.63, 3.8) is 0 Å².